The number of rotatable bonds is 5. The van der Waals surface area contributed by atoms with Gasteiger partial charge in [-0.1, -0.05) is 0 Å². The van der Waals surface area contributed by atoms with Gasteiger partial charge in [-0.05, 0) is 41.0 Å². The van der Waals surface area contributed by atoms with Crippen LogP contribution in [-0.4, -0.2) is 67.6 Å². The number of hydrogen-bond acceptors (Lipinski definition) is 6. The Bertz CT molecular complexity index is 408. The third-order valence-electron chi connectivity index (χ3n) is 3.57. The Kier molecular flexibility index (Phi) is 7.28. The molecule has 1 aliphatic rings. The maximum Gasteiger partial charge on any atom is 0.410 e. The van der Waals surface area contributed by atoms with Gasteiger partial charge in [0.25, 0.3) is 0 Å². The summed E-state index contributed by atoms with van der Waals surface area (Å²) in [6.07, 6.45) is 0.347. The van der Waals surface area contributed by atoms with Crippen LogP contribution in [0.4, 0.5) is 4.79 Å². The SMILES string of the molecule is COC(=O)C(C)NC(C)CC1COCCN1C(=O)OC(C)(C)C. The smallest absolute Gasteiger partial charge is 0.410 e. The standard InChI is InChI=1S/C16H30N2O5/c1-11(17-12(2)14(19)21-6)9-13-10-22-8-7-18(13)15(20)23-16(3,4)5/h11-13,17H,7-10H2,1-6H3. The lowest BCUT2D eigenvalue weighted by atomic mass is 10.1. The molecular weight excluding hydrogens is 300 g/mol. The first kappa shape index (κ1) is 19.7. The Morgan fingerprint density at radius 3 is 2.57 bits per heavy atom. The van der Waals surface area contributed by atoms with Gasteiger partial charge in [0.05, 0.1) is 26.4 Å². The van der Waals surface area contributed by atoms with Crippen molar-refractivity contribution in [3.63, 3.8) is 0 Å². The zero-order valence-electron chi connectivity index (χ0n) is 15.0. The molecule has 0 aromatic heterocycles. The van der Waals surface area contributed by atoms with E-state index in [0.717, 1.165) is 0 Å². The van der Waals surface area contributed by atoms with Crippen LogP contribution in [0.2, 0.25) is 0 Å². The van der Waals surface area contributed by atoms with Gasteiger partial charge in [0.15, 0.2) is 0 Å². The van der Waals surface area contributed by atoms with Gasteiger partial charge >= 0.3 is 12.1 Å². The summed E-state index contributed by atoms with van der Waals surface area (Å²) < 4.78 is 15.7. The Morgan fingerprint density at radius 2 is 2.00 bits per heavy atom. The average Bonchev–Trinajstić information content (AvgIpc) is 2.44. The number of amides is 1. The van der Waals surface area contributed by atoms with Crippen molar-refractivity contribution < 1.29 is 23.8 Å². The van der Waals surface area contributed by atoms with Crippen LogP contribution in [-0.2, 0) is 19.0 Å². The Balaban J connectivity index is 2.60. The molecule has 1 rings (SSSR count). The number of esters is 1. The molecule has 1 saturated heterocycles. The molecule has 134 valence electrons. The van der Waals surface area contributed by atoms with Crippen molar-refractivity contribution >= 4 is 12.1 Å². The minimum atomic E-state index is -0.525. The van der Waals surface area contributed by atoms with Crippen molar-refractivity contribution in [2.45, 2.75) is 64.8 Å². The highest BCUT2D eigenvalue weighted by molar-refractivity contribution is 5.75. The van der Waals surface area contributed by atoms with E-state index in [0.29, 0.717) is 26.2 Å². The average molecular weight is 330 g/mol. The van der Waals surface area contributed by atoms with Gasteiger partial charge in [0, 0.05) is 12.6 Å². The summed E-state index contributed by atoms with van der Waals surface area (Å²) >= 11 is 0. The number of nitrogens with one attached hydrogen (secondary N) is 1. The number of ether oxygens (including phenoxy) is 3. The number of methoxy groups -OCH3 is 1. The Morgan fingerprint density at radius 1 is 1.35 bits per heavy atom. The molecule has 1 N–H and O–H groups in total. The molecule has 1 aliphatic heterocycles. The fourth-order valence-corrected chi connectivity index (χ4v) is 2.56. The van der Waals surface area contributed by atoms with Gasteiger partial charge < -0.3 is 24.4 Å². The van der Waals surface area contributed by atoms with Crippen LogP contribution in [0.1, 0.15) is 41.0 Å². The molecule has 0 spiro atoms. The van der Waals surface area contributed by atoms with E-state index in [1.165, 1.54) is 7.11 Å². The molecule has 1 fully saturated rings. The van der Waals surface area contributed by atoms with Crippen LogP contribution >= 0.6 is 0 Å². The first-order valence-electron chi connectivity index (χ1n) is 8.05. The van der Waals surface area contributed by atoms with Crippen LogP contribution in [0.5, 0.6) is 0 Å². The quantitative estimate of drug-likeness (QED) is 0.771. The summed E-state index contributed by atoms with van der Waals surface area (Å²) in [6.45, 7) is 10.8. The highest BCUT2D eigenvalue weighted by Crippen LogP contribution is 2.17. The molecule has 0 aliphatic carbocycles. The first-order valence-corrected chi connectivity index (χ1v) is 8.05. The fourth-order valence-electron chi connectivity index (χ4n) is 2.56. The number of carbonyl (C=O) groups is 2. The van der Waals surface area contributed by atoms with Crippen LogP contribution in [0.3, 0.4) is 0 Å². The van der Waals surface area contributed by atoms with E-state index in [1.54, 1.807) is 11.8 Å². The zero-order valence-corrected chi connectivity index (χ0v) is 15.0. The molecular formula is C16H30N2O5. The molecule has 0 saturated carbocycles. The van der Waals surface area contributed by atoms with E-state index in [4.69, 9.17) is 14.2 Å². The number of carbonyl (C=O) groups excluding carboxylic acids is 2. The van der Waals surface area contributed by atoms with E-state index >= 15 is 0 Å². The maximum absolute atomic E-state index is 12.3. The van der Waals surface area contributed by atoms with E-state index < -0.39 is 11.6 Å². The minimum absolute atomic E-state index is 0.0285. The predicted octanol–water partition coefficient (Wildman–Crippen LogP) is 1.55. The monoisotopic (exact) mass is 330 g/mol. The van der Waals surface area contributed by atoms with Gasteiger partial charge in [-0.3, -0.25) is 4.79 Å². The predicted molar refractivity (Wildman–Crippen MR) is 86.2 cm³/mol. The van der Waals surface area contributed by atoms with Crippen LogP contribution in [0, 0.1) is 0 Å². The van der Waals surface area contributed by atoms with E-state index in [1.807, 2.05) is 27.7 Å². The van der Waals surface area contributed by atoms with Gasteiger partial charge in [-0.15, -0.1) is 0 Å². The molecule has 23 heavy (non-hydrogen) atoms. The molecule has 1 amide bonds. The molecule has 1 heterocycles. The summed E-state index contributed by atoms with van der Waals surface area (Å²) in [5, 5.41) is 3.18. The lowest BCUT2D eigenvalue weighted by Crippen LogP contribution is -2.53. The normalized spacial score (nSPS) is 21.5. The van der Waals surface area contributed by atoms with Crippen molar-refractivity contribution in [1.29, 1.82) is 0 Å². The van der Waals surface area contributed by atoms with Crippen molar-refractivity contribution in [3.8, 4) is 0 Å². The summed E-state index contributed by atoms with van der Waals surface area (Å²) in [4.78, 5) is 25.5. The van der Waals surface area contributed by atoms with Crippen LogP contribution in [0.25, 0.3) is 0 Å². The first-order chi connectivity index (χ1) is 10.6. The van der Waals surface area contributed by atoms with Crippen molar-refractivity contribution in [1.82, 2.24) is 10.2 Å². The molecule has 3 unspecified atom stereocenters. The summed E-state index contributed by atoms with van der Waals surface area (Å²) in [5.74, 6) is -0.305. The van der Waals surface area contributed by atoms with E-state index in [9.17, 15) is 9.59 Å². The summed E-state index contributed by atoms with van der Waals surface area (Å²) in [5.41, 5.74) is -0.525. The lowest BCUT2D eigenvalue weighted by molar-refractivity contribution is -0.142. The molecule has 0 aromatic rings. The molecule has 7 heteroatoms. The Labute approximate surface area is 138 Å². The molecule has 3 atom stereocenters. The van der Waals surface area contributed by atoms with Gasteiger partial charge in [-0.25, -0.2) is 4.79 Å². The van der Waals surface area contributed by atoms with Crippen LogP contribution in [0.15, 0.2) is 0 Å². The zero-order chi connectivity index (χ0) is 17.6. The topological polar surface area (TPSA) is 77.1 Å². The number of hydrogen-bond donors (Lipinski definition) is 1. The molecule has 0 radical (unpaired) electrons. The number of nitrogens with zero attached hydrogens (tertiary/aromatic N) is 1. The van der Waals surface area contributed by atoms with Gasteiger partial charge in [0.2, 0.25) is 0 Å². The second kappa shape index (κ2) is 8.49. The van der Waals surface area contributed by atoms with Crippen molar-refractivity contribution in [2.75, 3.05) is 26.9 Å². The lowest BCUT2D eigenvalue weighted by Gasteiger charge is -2.38. The van der Waals surface area contributed by atoms with Crippen molar-refractivity contribution in [3.05, 3.63) is 0 Å². The van der Waals surface area contributed by atoms with E-state index in [-0.39, 0.29) is 24.1 Å². The van der Waals surface area contributed by atoms with Crippen molar-refractivity contribution in [2.24, 2.45) is 0 Å². The van der Waals surface area contributed by atoms with Crippen LogP contribution < -0.4 is 5.32 Å². The highest BCUT2D eigenvalue weighted by Gasteiger charge is 2.32. The highest BCUT2D eigenvalue weighted by atomic mass is 16.6. The molecule has 0 bridgehead atoms. The second-order valence-corrected chi connectivity index (χ2v) is 6.95. The summed E-state index contributed by atoms with van der Waals surface area (Å²) in [6, 6.07) is -0.443. The van der Waals surface area contributed by atoms with Gasteiger partial charge in [-0.2, -0.15) is 0 Å². The van der Waals surface area contributed by atoms with E-state index in [2.05, 4.69) is 5.32 Å². The molecule has 7 nitrogen and oxygen atoms in total. The van der Waals surface area contributed by atoms with Gasteiger partial charge in [0.1, 0.15) is 11.6 Å². The number of morpholine rings is 1. The third-order valence-corrected chi connectivity index (χ3v) is 3.57. The fraction of sp³-hybridized carbons (Fsp3) is 0.875. The minimum Gasteiger partial charge on any atom is -0.468 e. The third kappa shape index (κ3) is 6.74. The second-order valence-electron chi connectivity index (χ2n) is 6.95. The molecule has 0 aromatic carbocycles. The largest absolute Gasteiger partial charge is 0.468 e. The maximum atomic E-state index is 12.3. The summed E-state index contributed by atoms with van der Waals surface area (Å²) in [7, 11) is 1.37. The Hall–Kier alpha value is -1.34.